The van der Waals surface area contributed by atoms with Gasteiger partial charge in [-0.2, -0.15) is 10.2 Å². The molecule has 0 bridgehead atoms. The predicted molar refractivity (Wildman–Crippen MR) is 111 cm³/mol. The summed E-state index contributed by atoms with van der Waals surface area (Å²) in [7, 11) is 0. The van der Waals surface area contributed by atoms with Crippen LogP contribution in [0, 0.1) is 23.0 Å². The fraction of sp³-hybridized carbons (Fsp3) is 0.174. The number of nitrogens with zero attached hydrogens (tertiary/aromatic N) is 2. The van der Waals surface area contributed by atoms with Crippen molar-refractivity contribution in [3.63, 3.8) is 0 Å². The molecule has 32 heavy (non-hydrogen) atoms. The lowest BCUT2D eigenvalue weighted by Gasteiger charge is -2.15. The standard InChI is InChI=1S/C23H19F2N3O4/c1-2-19(23(29)30)31-21-17(24)10-18(25)22(28-21)32-20-9-15(6-7-16(20)12-27)14-5-3-4-13(8-14)11-26/h3-10,19H,2,11,26H2,1H3,(H,29,30). The molecule has 1 atom stereocenters. The van der Waals surface area contributed by atoms with Gasteiger partial charge in [-0.25, -0.2) is 13.6 Å². The van der Waals surface area contributed by atoms with Gasteiger partial charge in [0, 0.05) is 12.6 Å². The zero-order chi connectivity index (χ0) is 23.3. The largest absolute Gasteiger partial charge is 0.479 e. The molecule has 2 aromatic carbocycles. The van der Waals surface area contributed by atoms with Gasteiger partial charge in [0.2, 0.25) is 0 Å². The van der Waals surface area contributed by atoms with Crippen molar-refractivity contribution in [3.8, 4) is 34.7 Å². The van der Waals surface area contributed by atoms with E-state index in [0.29, 0.717) is 18.2 Å². The SMILES string of the molecule is CCC(Oc1nc(Oc2cc(-c3cccc(CN)c3)ccc2C#N)c(F)cc1F)C(=O)O. The van der Waals surface area contributed by atoms with Crippen LogP contribution in [-0.2, 0) is 11.3 Å². The Balaban J connectivity index is 1.99. The molecular weight excluding hydrogens is 420 g/mol. The molecule has 0 spiro atoms. The van der Waals surface area contributed by atoms with Gasteiger partial charge in [-0.15, -0.1) is 0 Å². The van der Waals surface area contributed by atoms with Crippen LogP contribution in [0.25, 0.3) is 11.1 Å². The number of rotatable bonds is 8. The van der Waals surface area contributed by atoms with E-state index in [9.17, 15) is 18.8 Å². The van der Waals surface area contributed by atoms with E-state index in [1.165, 1.54) is 19.1 Å². The summed E-state index contributed by atoms with van der Waals surface area (Å²) in [6.45, 7) is 1.87. The van der Waals surface area contributed by atoms with Gasteiger partial charge < -0.3 is 20.3 Å². The summed E-state index contributed by atoms with van der Waals surface area (Å²) in [5, 5.41) is 18.5. The first-order valence-corrected chi connectivity index (χ1v) is 9.63. The quantitative estimate of drug-likeness (QED) is 0.534. The minimum atomic E-state index is -1.37. The lowest BCUT2D eigenvalue weighted by Crippen LogP contribution is -2.26. The summed E-state index contributed by atoms with van der Waals surface area (Å²) in [5.41, 5.74) is 8.14. The molecule has 7 nitrogen and oxygen atoms in total. The minimum absolute atomic E-state index is 0.0163. The summed E-state index contributed by atoms with van der Waals surface area (Å²) in [6.07, 6.45) is -1.34. The van der Waals surface area contributed by atoms with E-state index in [1.54, 1.807) is 6.07 Å². The average molecular weight is 439 g/mol. The second kappa shape index (κ2) is 9.85. The third-order valence-corrected chi connectivity index (χ3v) is 4.57. The molecule has 1 aromatic heterocycles. The first-order chi connectivity index (χ1) is 15.4. The number of pyridine rings is 1. The molecule has 3 rings (SSSR count). The highest BCUT2D eigenvalue weighted by molar-refractivity contribution is 5.72. The van der Waals surface area contributed by atoms with E-state index in [2.05, 4.69) is 4.98 Å². The number of carboxylic acid groups (broad SMARTS) is 1. The smallest absolute Gasteiger partial charge is 0.344 e. The van der Waals surface area contributed by atoms with E-state index in [4.69, 9.17) is 20.3 Å². The van der Waals surface area contributed by atoms with Crippen LogP contribution in [0.1, 0.15) is 24.5 Å². The van der Waals surface area contributed by atoms with Gasteiger partial charge in [-0.1, -0.05) is 31.2 Å². The highest BCUT2D eigenvalue weighted by Crippen LogP contribution is 2.33. The molecule has 0 amide bonds. The summed E-state index contributed by atoms with van der Waals surface area (Å²) in [6, 6.07) is 14.5. The predicted octanol–water partition coefficient (Wildman–Crippen LogP) is 4.39. The molecule has 9 heteroatoms. The second-order valence-corrected chi connectivity index (χ2v) is 6.74. The van der Waals surface area contributed by atoms with Gasteiger partial charge in [0.1, 0.15) is 11.8 Å². The molecule has 1 unspecified atom stereocenters. The van der Waals surface area contributed by atoms with Gasteiger partial charge in [0.05, 0.1) is 5.56 Å². The van der Waals surface area contributed by atoms with Crippen LogP contribution in [0.2, 0.25) is 0 Å². The number of aliphatic carboxylic acids is 1. The molecule has 0 fully saturated rings. The Bertz CT molecular complexity index is 1190. The highest BCUT2D eigenvalue weighted by atomic mass is 19.1. The molecule has 0 saturated carbocycles. The van der Waals surface area contributed by atoms with Crippen molar-refractivity contribution >= 4 is 5.97 Å². The van der Waals surface area contributed by atoms with Gasteiger partial charge in [-0.3, -0.25) is 0 Å². The maximum Gasteiger partial charge on any atom is 0.344 e. The number of benzene rings is 2. The Morgan fingerprint density at radius 3 is 2.53 bits per heavy atom. The molecule has 1 heterocycles. The van der Waals surface area contributed by atoms with Crippen LogP contribution in [0.15, 0.2) is 48.5 Å². The number of nitriles is 1. The Hall–Kier alpha value is -4.03. The molecule has 164 valence electrons. The van der Waals surface area contributed by atoms with Crippen LogP contribution in [-0.4, -0.2) is 22.2 Å². The van der Waals surface area contributed by atoms with E-state index in [0.717, 1.165) is 11.1 Å². The normalized spacial score (nSPS) is 11.5. The van der Waals surface area contributed by atoms with E-state index < -0.39 is 35.5 Å². The fourth-order valence-corrected chi connectivity index (χ4v) is 2.89. The number of ether oxygens (including phenoxy) is 2. The number of carbonyl (C=O) groups is 1. The third-order valence-electron chi connectivity index (χ3n) is 4.57. The van der Waals surface area contributed by atoms with Crippen molar-refractivity contribution in [2.75, 3.05) is 0 Å². The number of hydrogen-bond acceptors (Lipinski definition) is 6. The highest BCUT2D eigenvalue weighted by Gasteiger charge is 2.23. The van der Waals surface area contributed by atoms with Crippen LogP contribution < -0.4 is 15.2 Å². The van der Waals surface area contributed by atoms with Crippen molar-refractivity contribution in [1.29, 1.82) is 5.26 Å². The first kappa shape index (κ1) is 22.7. The van der Waals surface area contributed by atoms with Gasteiger partial charge in [-0.05, 0) is 41.3 Å². The Morgan fingerprint density at radius 1 is 1.16 bits per heavy atom. The molecule has 0 saturated heterocycles. The lowest BCUT2D eigenvalue weighted by molar-refractivity contribution is -0.145. The molecule has 0 aliphatic rings. The number of carboxylic acids is 1. The van der Waals surface area contributed by atoms with Crippen molar-refractivity contribution in [1.82, 2.24) is 4.98 Å². The number of hydrogen-bond donors (Lipinski definition) is 2. The Labute approximate surface area is 182 Å². The maximum absolute atomic E-state index is 14.4. The average Bonchev–Trinajstić information content (AvgIpc) is 2.79. The monoisotopic (exact) mass is 439 g/mol. The van der Waals surface area contributed by atoms with E-state index in [1.807, 2.05) is 30.3 Å². The zero-order valence-electron chi connectivity index (χ0n) is 17.0. The molecule has 3 N–H and O–H groups in total. The molecule has 0 radical (unpaired) electrons. The third kappa shape index (κ3) is 4.99. The van der Waals surface area contributed by atoms with Crippen molar-refractivity contribution in [3.05, 3.63) is 71.3 Å². The summed E-state index contributed by atoms with van der Waals surface area (Å²) >= 11 is 0. The summed E-state index contributed by atoms with van der Waals surface area (Å²) < 4.78 is 39.0. The van der Waals surface area contributed by atoms with Gasteiger partial charge in [0.15, 0.2) is 17.7 Å². The number of halogens is 2. The molecular formula is C23H19F2N3O4. The minimum Gasteiger partial charge on any atom is -0.479 e. The van der Waals surface area contributed by atoms with Crippen LogP contribution in [0.3, 0.4) is 0 Å². The molecule has 0 aliphatic heterocycles. The molecule has 3 aromatic rings. The zero-order valence-corrected chi connectivity index (χ0v) is 17.0. The van der Waals surface area contributed by atoms with Crippen LogP contribution >= 0.6 is 0 Å². The lowest BCUT2D eigenvalue weighted by atomic mass is 10.0. The van der Waals surface area contributed by atoms with Gasteiger partial charge >= 0.3 is 5.97 Å². The summed E-state index contributed by atoms with van der Waals surface area (Å²) in [4.78, 5) is 14.8. The van der Waals surface area contributed by atoms with Crippen molar-refractivity contribution < 1.29 is 28.2 Å². The first-order valence-electron chi connectivity index (χ1n) is 9.63. The maximum atomic E-state index is 14.4. The molecule has 0 aliphatic carbocycles. The number of nitrogens with two attached hydrogens (primary N) is 1. The summed E-state index contributed by atoms with van der Waals surface area (Å²) in [5.74, 6) is -5.04. The van der Waals surface area contributed by atoms with E-state index >= 15 is 0 Å². The van der Waals surface area contributed by atoms with Gasteiger partial charge in [0.25, 0.3) is 11.8 Å². The fourth-order valence-electron chi connectivity index (χ4n) is 2.89. The van der Waals surface area contributed by atoms with Crippen molar-refractivity contribution in [2.24, 2.45) is 5.73 Å². The van der Waals surface area contributed by atoms with Crippen LogP contribution in [0.4, 0.5) is 8.78 Å². The Morgan fingerprint density at radius 2 is 1.88 bits per heavy atom. The topological polar surface area (TPSA) is 118 Å². The van der Waals surface area contributed by atoms with Crippen LogP contribution in [0.5, 0.6) is 17.5 Å². The number of aromatic nitrogens is 1. The van der Waals surface area contributed by atoms with E-state index in [-0.39, 0.29) is 17.7 Å². The second-order valence-electron chi connectivity index (χ2n) is 6.74. The van der Waals surface area contributed by atoms with Crippen molar-refractivity contribution in [2.45, 2.75) is 26.0 Å². The Kier molecular flexibility index (Phi) is 6.97.